The molecule has 6 nitrogen and oxygen atoms in total. The Morgan fingerprint density at radius 3 is 2.80 bits per heavy atom. The number of carbonyl (C=O) groups is 2. The SMILES string of the molecule is Cc1nn(C)c(C)c1CC(=O)NNC(=O)c1cc2c(s1)CC[C@H](C)C2. The summed E-state index contributed by atoms with van der Waals surface area (Å²) in [5.41, 5.74) is 9.01. The van der Waals surface area contributed by atoms with Gasteiger partial charge in [-0.2, -0.15) is 5.10 Å². The van der Waals surface area contributed by atoms with Crippen molar-refractivity contribution in [2.45, 2.75) is 46.5 Å². The van der Waals surface area contributed by atoms with E-state index in [1.165, 1.54) is 28.2 Å². The molecule has 0 saturated carbocycles. The van der Waals surface area contributed by atoms with Gasteiger partial charge in [0, 0.05) is 23.2 Å². The van der Waals surface area contributed by atoms with Gasteiger partial charge in [0.2, 0.25) is 5.91 Å². The summed E-state index contributed by atoms with van der Waals surface area (Å²) in [5.74, 6) is 0.172. The maximum Gasteiger partial charge on any atom is 0.279 e. The number of hydrogen-bond acceptors (Lipinski definition) is 4. The first-order chi connectivity index (χ1) is 11.8. The number of rotatable bonds is 3. The van der Waals surface area contributed by atoms with Crippen LogP contribution in [0.3, 0.4) is 0 Å². The summed E-state index contributed by atoms with van der Waals surface area (Å²) in [7, 11) is 1.85. The third-order valence-corrected chi connectivity index (χ3v) is 6.10. The van der Waals surface area contributed by atoms with Crippen LogP contribution in [-0.4, -0.2) is 21.6 Å². The lowest BCUT2D eigenvalue weighted by molar-refractivity contribution is -0.121. The summed E-state index contributed by atoms with van der Waals surface area (Å²) >= 11 is 1.53. The van der Waals surface area contributed by atoms with Crippen LogP contribution in [0.25, 0.3) is 0 Å². The van der Waals surface area contributed by atoms with Crippen molar-refractivity contribution in [1.29, 1.82) is 0 Å². The Balaban J connectivity index is 1.58. The molecule has 2 amide bonds. The van der Waals surface area contributed by atoms with Crippen molar-refractivity contribution in [2.75, 3.05) is 0 Å². The number of hydrazine groups is 1. The Morgan fingerprint density at radius 1 is 1.36 bits per heavy atom. The van der Waals surface area contributed by atoms with Gasteiger partial charge in [0.05, 0.1) is 17.0 Å². The van der Waals surface area contributed by atoms with E-state index >= 15 is 0 Å². The van der Waals surface area contributed by atoms with Crippen molar-refractivity contribution in [1.82, 2.24) is 20.6 Å². The van der Waals surface area contributed by atoms with Crippen LogP contribution in [0.5, 0.6) is 0 Å². The van der Waals surface area contributed by atoms with Crippen molar-refractivity contribution in [2.24, 2.45) is 13.0 Å². The largest absolute Gasteiger partial charge is 0.279 e. The lowest BCUT2D eigenvalue weighted by Crippen LogP contribution is -2.42. The molecular formula is C18H24N4O2S. The predicted molar refractivity (Wildman–Crippen MR) is 97.5 cm³/mol. The zero-order valence-corrected chi connectivity index (χ0v) is 15.9. The molecule has 0 unspecified atom stereocenters. The van der Waals surface area contributed by atoms with E-state index in [9.17, 15) is 9.59 Å². The minimum atomic E-state index is -0.250. The zero-order valence-electron chi connectivity index (χ0n) is 15.1. The molecule has 1 atom stereocenters. The zero-order chi connectivity index (χ0) is 18.1. The highest BCUT2D eigenvalue weighted by molar-refractivity contribution is 7.14. The first kappa shape index (κ1) is 17.7. The summed E-state index contributed by atoms with van der Waals surface area (Å²) in [6.07, 6.45) is 3.45. The Hall–Kier alpha value is -2.15. The van der Waals surface area contributed by atoms with Gasteiger partial charge >= 0.3 is 0 Å². The van der Waals surface area contributed by atoms with E-state index in [0.717, 1.165) is 29.8 Å². The molecule has 0 fully saturated rings. The molecule has 7 heteroatoms. The average Bonchev–Trinajstić information content (AvgIpc) is 3.08. The monoisotopic (exact) mass is 360 g/mol. The second kappa shape index (κ2) is 7.00. The normalized spacial score (nSPS) is 16.4. The molecule has 1 aliphatic carbocycles. The molecule has 3 rings (SSSR count). The van der Waals surface area contributed by atoms with Crippen molar-refractivity contribution >= 4 is 23.2 Å². The van der Waals surface area contributed by atoms with Gasteiger partial charge in [-0.3, -0.25) is 25.1 Å². The third-order valence-electron chi connectivity index (χ3n) is 4.86. The fourth-order valence-electron chi connectivity index (χ4n) is 3.28. The fourth-order valence-corrected chi connectivity index (χ4v) is 4.39. The topological polar surface area (TPSA) is 76.0 Å². The number of carbonyl (C=O) groups excluding carboxylic acids is 2. The molecule has 0 radical (unpaired) electrons. The molecule has 1 aliphatic rings. The summed E-state index contributed by atoms with van der Waals surface area (Å²) in [5, 5.41) is 4.30. The van der Waals surface area contributed by atoms with Gasteiger partial charge in [-0.05, 0) is 50.7 Å². The van der Waals surface area contributed by atoms with Crippen LogP contribution in [-0.2, 0) is 31.1 Å². The van der Waals surface area contributed by atoms with Gasteiger partial charge in [-0.1, -0.05) is 6.92 Å². The smallest absolute Gasteiger partial charge is 0.273 e. The van der Waals surface area contributed by atoms with Crippen LogP contribution < -0.4 is 10.9 Å². The maximum atomic E-state index is 12.3. The molecule has 2 aromatic rings. The average molecular weight is 360 g/mol. The summed E-state index contributed by atoms with van der Waals surface area (Å²) in [6, 6.07) is 1.96. The number of aromatic nitrogens is 2. The lowest BCUT2D eigenvalue weighted by Gasteiger charge is -2.16. The van der Waals surface area contributed by atoms with Gasteiger partial charge < -0.3 is 0 Å². The first-order valence-electron chi connectivity index (χ1n) is 8.55. The Morgan fingerprint density at radius 2 is 2.12 bits per heavy atom. The molecule has 2 aromatic heterocycles. The van der Waals surface area contributed by atoms with Crippen LogP contribution in [0.15, 0.2) is 6.07 Å². The van der Waals surface area contributed by atoms with E-state index in [4.69, 9.17) is 0 Å². The van der Waals surface area contributed by atoms with Crippen LogP contribution >= 0.6 is 11.3 Å². The number of hydrogen-bond donors (Lipinski definition) is 2. The number of aryl methyl sites for hydroxylation is 3. The minimum absolute atomic E-state index is 0.199. The van der Waals surface area contributed by atoms with Crippen LogP contribution in [0, 0.1) is 19.8 Å². The van der Waals surface area contributed by atoms with E-state index in [-0.39, 0.29) is 18.2 Å². The molecule has 2 heterocycles. The number of amides is 2. The highest BCUT2D eigenvalue weighted by Gasteiger charge is 2.21. The van der Waals surface area contributed by atoms with Crippen molar-refractivity contribution < 1.29 is 9.59 Å². The van der Waals surface area contributed by atoms with Crippen LogP contribution in [0.4, 0.5) is 0 Å². The van der Waals surface area contributed by atoms with E-state index in [1.807, 2.05) is 27.0 Å². The van der Waals surface area contributed by atoms with E-state index in [1.54, 1.807) is 4.68 Å². The molecule has 0 saturated heterocycles. The standard InChI is InChI=1S/C18H24N4O2S/c1-10-5-6-15-13(7-10)8-16(25-15)18(24)20-19-17(23)9-14-11(2)21-22(4)12(14)3/h8,10H,5-7,9H2,1-4H3,(H,19,23)(H,20,24)/t10-/m0/s1. The van der Waals surface area contributed by atoms with E-state index < -0.39 is 0 Å². The van der Waals surface area contributed by atoms with Gasteiger partial charge in [0.1, 0.15) is 0 Å². The quantitative estimate of drug-likeness (QED) is 0.824. The molecule has 0 aromatic carbocycles. The molecule has 134 valence electrons. The van der Waals surface area contributed by atoms with Gasteiger partial charge in [0.15, 0.2) is 0 Å². The summed E-state index contributed by atoms with van der Waals surface area (Å²) in [4.78, 5) is 26.4. The van der Waals surface area contributed by atoms with Crippen LogP contribution in [0.2, 0.25) is 0 Å². The number of nitrogens with zero attached hydrogens (tertiary/aromatic N) is 2. The predicted octanol–water partition coefficient (Wildman–Crippen LogP) is 2.23. The van der Waals surface area contributed by atoms with E-state index in [0.29, 0.717) is 10.8 Å². The Kier molecular flexibility index (Phi) is 4.94. The number of fused-ring (bicyclic) bond motifs is 1. The minimum Gasteiger partial charge on any atom is -0.273 e. The molecule has 0 aliphatic heterocycles. The molecule has 0 bridgehead atoms. The second-order valence-corrected chi connectivity index (χ2v) is 8.00. The summed E-state index contributed by atoms with van der Waals surface area (Å²) < 4.78 is 1.76. The highest BCUT2D eigenvalue weighted by atomic mass is 32.1. The lowest BCUT2D eigenvalue weighted by atomic mass is 9.90. The summed E-state index contributed by atoms with van der Waals surface area (Å²) in [6.45, 7) is 6.05. The Bertz CT molecular complexity index is 821. The number of nitrogens with one attached hydrogen (secondary N) is 2. The van der Waals surface area contributed by atoms with Gasteiger partial charge in [0.25, 0.3) is 5.91 Å². The fraction of sp³-hybridized carbons (Fsp3) is 0.500. The highest BCUT2D eigenvalue weighted by Crippen LogP contribution is 2.32. The molecule has 0 spiro atoms. The molecular weight excluding hydrogens is 336 g/mol. The van der Waals surface area contributed by atoms with Crippen LogP contribution in [0.1, 0.15) is 50.4 Å². The van der Waals surface area contributed by atoms with Gasteiger partial charge in [-0.25, -0.2) is 0 Å². The van der Waals surface area contributed by atoms with Crippen molar-refractivity contribution in [3.05, 3.63) is 38.3 Å². The number of thiophene rings is 1. The molecule has 25 heavy (non-hydrogen) atoms. The molecule has 2 N–H and O–H groups in total. The maximum absolute atomic E-state index is 12.3. The third kappa shape index (κ3) is 3.76. The second-order valence-electron chi connectivity index (χ2n) is 6.86. The van der Waals surface area contributed by atoms with E-state index in [2.05, 4.69) is 22.9 Å². The van der Waals surface area contributed by atoms with Gasteiger partial charge in [-0.15, -0.1) is 11.3 Å². The Labute approximate surface area is 151 Å². The van der Waals surface area contributed by atoms with Crippen molar-refractivity contribution in [3.63, 3.8) is 0 Å². The first-order valence-corrected chi connectivity index (χ1v) is 9.36. The van der Waals surface area contributed by atoms with Crippen molar-refractivity contribution in [3.8, 4) is 0 Å².